The van der Waals surface area contributed by atoms with Crippen LogP contribution >= 0.6 is 24.8 Å². The third-order valence-electron chi connectivity index (χ3n) is 15.9. The van der Waals surface area contributed by atoms with Crippen molar-refractivity contribution in [3.05, 3.63) is 107 Å². The SMILES string of the molecule is CC(C)N1CCN(C(=O)COc2ccc(-c3n[nH]c4c3C(=O)c3c(NC(=O)NN5CCOCC5)cccc3-4)cc2)CC1.CC(C)N1CCN(C(=O)COc2ccc(-c3n[nH]c4c3C(=O)c3c(NC(=O)NN5CCOCC5)cccc3-4)cc2)CC1.CO.Cl.Cl.[2HH].[2H][2H].[2H][2H].[2H][2H].[2H][2H].[2H][2H].[2H][2H].[2H][2H].[2H][2H].[2H][2H]. The molecule has 27 heteroatoms. The summed E-state index contributed by atoms with van der Waals surface area (Å²) >= 11 is 0. The number of aromatic amines is 2. The number of ether oxygens (including phenoxy) is 4. The Labute approximate surface area is 551 Å². The van der Waals surface area contributed by atoms with E-state index in [2.05, 4.69) is 79.4 Å². The number of benzene rings is 4. The molecule has 7 N–H and O–H groups in total. The lowest BCUT2D eigenvalue weighted by molar-refractivity contribution is -0.136. The number of anilines is 2. The second kappa shape index (κ2) is 30.3. The van der Waals surface area contributed by atoms with Gasteiger partial charge in [-0.3, -0.25) is 50.0 Å². The largest absolute Gasteiger partial charge is 0.484 e. The number of halogens is 2. The van der Waals surface area contributed by atoms with Crippen LogP contribution in [-0.4, -0.2) is 228 Å². The Balaban J connectivity index is -0.00000160. The Morgan fingerprint density at radius 3 is 1.23 bits per heavy atom. The van der Waals surface area contributed by atoms with Gasteiger partial charge in [0.15, 0.2) is 24.8 Å². The van der Waals surface area contributed by atoms with Gasteiger partial charge in [0.05, 0.1) is 71.4 Å². The number of carbonyl (C=O) groups excluding carboxylic acids is 6. The Bertz CT molecular complexity index is 3260. The minimum atomic E-state index is -0.418. The summed E-state index contributed by atoms with van der Waals surface area (Å²) in [6.07, 6.45) is 0. The molecule has 4 fully saturated rings. The molecule has 0 bridgehead atoms. The predicted molar refractivity (Wildman–Crippen MR) is 356 cm³/mol. The van der Waals surface area contributed by atoms with Crippen molar-refractivity contribution in [1.29, 1.82) is 0 Å². The van der Waals surface area contributed by atoms with Crippen molar-refractivity contribution in [3.63, 3.8) is 0 Å². The molecule has 25 nitrogen and oxygen atoms in total. The predicted octanol–water partition coefficient (Wildman–Crippen LogP) is 8.09. The number of nitrogens with zero attached hydrogens (tertiary/aromatic N) is 8. The van der Waals surface area contributed by atoms with Gasteiger partial charge >= 0.3 is 12.1 Å². The van der Waals surface area contributed by atoms with Crippen LogP contribution < -0.4 is 31.0 Å². The van der Waals surface area contributed by atoms with E-state index >= 15 is 0 Å². The zero-order chi connectivity index (χ0) is 78.4. The maximum absolute atomic E-state index is 13.7. The molecule has 6 heterocycles. The second-order valence-corrected chi connectivity index (χ2v) is 21.7. The maximum atomic E-state index is 13.7. The van der Waals surface area contributed by atoms with Gasteiger partial charge in [0, 0.05) is 148 Å². The number of hydrazine groups is 2. The van der Waals surface area contributed by atoms with Crippen LogP contribution in [0.2, 0.25) is 0 Å². The molecule has 6 aromatic rings. The molecule has 0 spiro atoms. The number of nitrogens with one attached hydrogen (secondary N) is 6. The lowest BCUT2D eigenvalue weighted by Gasteiger charge is -2.36. The van der Waals surface area contributed by atoms with Gasteiger partial charge in [-0.15, -0.1) is 24.8 Å². The Morgan fingerprint density at radius 1 is 0.534 bits per heavy atom. The molecule has 0 atom stereocenters. The third kappa shape index (κ3) is 14.9. The molecule has 2 aromatic heterocycles. The molecule has 4 aliphatic heterocycles. The number of morpholine rings is 2. The van der Waals surface area contributed by atoms with Gasteiger partial charge in [-0.1, -0.05) is 24.3 Å². The van der Waals surface area contributed by atoms with Gasteiger partial charge in [-0.2, -0.15) is 10.2 Å². The normalized spacial score (nSPS) is 17.3. The number of carbonyl (C=O) groups is 6. The number of aliphatic hydroxyl groups is 1. The Hall–Kier alpha value is -7.98. The van der Waals surface area contributed by atoms with Crippen LogP contribution in [-0.2, 0) is 19.1 Å². The zero-order valence-electron chi connectivity index (χ0n) is 67.9. The standard InChI is InChI=1S/2C30H35N7O5.CH4O.2ClH.10H2/c2*1-19(2)35-10-12-36(13-11-35)24(38)18-42-21-8-6-20(7-9-21)27-26-28(33-32-27)22-4-3-5-23(25(22)29(26)39)31-30(40)34-37-14-16-41-17-15-37;1-2;;;;;;;;;;;;/h2*3-9,19H,10-18H2,1-2H3,(H,32,33)(H2,31,34,40);2H,1H3;12*1H/i;;;;;9*1+1D;1+1. The average molecular weight is 1290 g/mol. The van der Waals surface area contributed by atoms with Crippen molar-refractivity contribution < 1.29 is 81.0 Å². The fourth-order valence-corrected chi connectivity index (χ4v) is 11.2. The summed E-state index contributed by atoms with van der Waals surface area (Å²) in [7, 11) is 1.00. The Kier molecular flexibility index (Phi) is 18.7. The van der Waals surface area contributed by atoms with E-state index in [9.17, 15) is 28.8 Å². The van der Waals surface area contributed by atoms with Crippen molar-refractivity contribution in [2.75, 3.05) is 136 Å². The molecule has 0 saturated carbocycles. The molecule has 490 valence electrons. The molecule has 6 amide bonds. The minimum Gasteiger partial charge on any atom is -0.484 e. The number of amides is 6. The zero-order valence-corrected chi connectivity index (χ0v) is 51.5. The average Bonchev–Trinajstić information content (AvgIpc) is 1.59. The minimum absolute atomic E-state index is 0. The summed E-state index contributed by atoms with van der Waals surface area (Å²) in [6.45, 7) is 19.5. The maximum Gasteiger partial charge on any atom is 0.333 e. The number of hydrogen-bond donors (Lipinski definition) is 7. The molecule has 0 unspecified atom stereocenters. The van der Waals surface area contributed by atoms with Crippen LogP contribution in [0.3, 0.4) is 0 Å². The summed E-state index contributed by atoms with van der Waals surface area (Å²) in [5.41, 5.74) is 13.3. The van der Waals surface area contributed by atoms with Crippen LogP contribution in [0.15, 0.2) is 84.9 Å². The third-order valence-corrected chi connectivity index (χ3v) is 15.9. The smallest absolute Gasteiger partial charge is 0.333 e. The van der Waals surface area contributed by atoms with E-state index in [0.717, 1.165) is 44.4 Å². The van der Waals surface area contributed by atoms with E-state index in [-0.39, 0.29) is 62.8 Å². The highest BCUT2D eigenvalue weighted by Gasteiger charge is 2.37. The first-order valence-electron chi connectivity index (χ1n) is 38.1. The van der Waals surface area contributed by atoms with Crippen LogP contribution in [0.5, 0.6) is 11.5 Å². The van der Waals surface area contributed by atoms with Crippen molar-refractivity contribution in [2.24, 2.45) is 0 Å². The van der Waals surface area contributed by atoms with E-state index in [1.807, 2.05) is 46.2 Å². The number of aromatic nitrogens is 4. The van der Waals surface area contributed by atoms with Crippen molar-refractivity contribution in [3.8, 4) is 56.5 Å². The van der Waals surface area contributed by atoms with Gasteiger partial charge in [0.2, 0.25) is 0 Å². The first-order valence-corrected chi connectivity index (χ1v) is 29.1. The first-order chi connectivity index (χ1) is 50.8. The summed E-state index contributed by atoms with van der Waals surface area (Å²) in [4.78, 5) is 86.4. The number of aliphatic hydroxyl groups excluding tert-OH is 1. The van der Waals surface area contributed by atoms with Gasteiger partial charge in [-0.05, 0) is 88.4 Å². The quantitative estimate of drug-likeness (QED) is 0.0541. The van der Waals surface area contributed by atoms with Gasteiger partial charge in [0.1, 0.15) is 22.9 Å². The molecular formula is C61H96Cl2N14O11. The summed E-state index contributed by atoms with van der Waals surface area (Å²) in [6, 6.07) is 25.2. The van der Waals surface area contributed by atoms with Crippen LogP contribution in [0.4, 0.5) is 21.0 Å². The number of rotatable bonds is 14. The molecule has 4 aromatic carbocycles. The van der Waals surface area contributed by atoms with Crippen molar-refractivity contribution >= 4 is 71.6 Å². The van der Waals surface area contributed by atoms with E-state index in [4.69, 9.17) is 50.8 Å². The monoisotopic (exact) mass is 1290 g/mol. The summed E-state index contributed by atoms with van der Waals surface area (Å²) < 4.78 is 112. The molecule has 12 rings (SSSR count). The number of hydrogen-bond acceptors (Lipinski definition) is 17. The topological polar surface area (TPSA) is 284 Å². The van der Waals surface area contributed by atoms with E-state index in [0.29, 0.717) is 170 Å². The highest BCUT2D eigenvalue weighted by atomic mass is 35.5. The first kappa shape index (κ1) is 54.2. The number of ketones is 2. The summed E-state index contributed by atoms with van der Waals surface area (Å²) in [5, 5.41) is 31.1. The number of urea groups is 2. The van der Waals surface area contributed by atoms with Crippen LogP contribution in [0.1, 0.15) is 87.7 Å². The van der Waals surface area contributed by atoms with Crippen LogP contribution in [0.25, 0.3) is 45.0 Å². The Morgan fingerprint density at radius 2 is 0.886 bits per heavy atom. The molecular weight excluding hydrogens is 1180 g/mol. The van der Waals surface area contributed by atoms with Crippen molar-refractivity contribution in [2.45, 2.75) is 39.8 Å². The lowest BCUT2D eigenvalue weighted by Crippen LogP contribution is -2.51. The van der Waals surface area contributed by atoms with Crippen LogP contribution in [0, 0.1) is 0 Å². The van der Waals surface area contributed by atoms with E-state index in [1.165, 1.54) is 0 Å². The second-order valence-electron chi connectivity index (χ2n) is 21.7. The fourth-order valence-electron chi connectivity index (χ4n) is 11.2. The number of H-pyrrole nitrogens is 2. The highest BCUT2D eigenvalue weighted by Crippen LogP contribution is 2.45. The van der Waals surface area contributed by atoms with Gasteiger partial charge < -0.3 is 44.5 Å². The van der Waals surface area contributed by atoms with Gasteiger partial charge in [0.25, 0.3) is 11.8 Å². The highest BCUT2D eigenvalue weighted by molar-refractivity contribution is 6.28. The summed E-state index contributed by atoms with van der Waals surface area (Å²) in [5.74, 6) is 0.641. The molecule has 6 aliphatic rings. The van der Waals surface area contributed by atoms with Gasteiger partial charge in [-0.25, -0.2) is 19.6 Å². The molecule has 0 radical (unpaired) electrons. The number of fused-ring (bicyclic) bond motifs is 6. The van der Waals surface area contributed by atoms with E-state index < -0.39 is 12.1 Å². The number of piperazine rings is 2. The van der Waals surface area contributed by atoms with Crippen molar-refractivity contribution in [1.82, 2.24) is 60.9 Å². The fraction of sp³-hybridized carbons (Fsp3) is 0.410. The lowest BCUT2D eigenvalue weighted by atomic mass is 10.0. The molecule has 88 heavy (non-hydrogen) atoms. The van der Waals surface area contributed by atoms with E-state index in [1.54, 1.807) is 58.5 Å². The molecule has 2 aliphatic carbocycles. The molecule has 4 saturated heterocycles.